The van der Waals surface area contributed by atoms with Crippen LogP contribution < -0.4 is 11.1 Å². The van der Waals surface area contributed by atoms with Gasteiger partial charge in [0.2, 0.25) is 11.8 Å². The number of aromatic hydroxyl groups is 1. The van der Waals surface area contributed by atoms with Crippen LogP contribution in [0.3, 0.4) is 0 Å². The predicted molar refractivity (Wildman–Crippen MR) is 61.6 cm³/mol. The second kappa shape index (κ2) is 4.36. The summed E-state index contributed by atoms with van der Waals surface area (Å²) in [5, 5.41) is 11.8. The lowest BCUT2D eigenvalue weighted by Gasteiger charge is -2.25. The lowest BCUT2D eigenvalue weighted by Crippen LogP contribution is -2.53. The summed E-state index contributed by atoms with van der Waals surface area (Å²) in [6.45, 7) is -0.447. The first kappa shape index (κ1) is 11.9. The summed E-state index contributed by atoms with van der Waals surface area (Å²) in [5.74, 6) is -2.06. The van der Waals surface area contributed by atoms with Crippen molar-refractivity contribution in [2.24, 2.45) is 0 Å². The van der Waals surface area contributed by atoms with Crippen LogP contribution in [0.1, 0.15) is 10.4 Å². The van der Waals surface area contributed by atoms with E-state index in [1.54, 1.807) is 0 Å². The fraction of sp³-hybridized carbons (Fsp3) is 0.182. The molecule has 0 bridgehead atoms. The number of phenolic OH excluding ortho intramolecular Hbond substituents is 1. The van der Waals surface area contributed by atoms with Crippen molar-refractivity contribution in [1.29, 1.82) is 0 Å². The molecule has 1 heterocycles. The van der Waals surface area contributed by atoms with Gasteiger partial charge < -0.3 is 15.7 Å². The molecule has 94 valence electrons. The molecule has 18 heavy (non-hydrogen) atoms. The Balaban J connectivity index is 2.28. The van der Waals surface area contributed by atoms with Crippen molar-refractivity contribution in [1.82, 2.24) is 10.2 Å². The van der Waals surface area contributed by atoms with Gasteiger partial charge in [0, 0.05) is 0 Å². The van der Waals surface area contributed by atoms with E-state index in [4.69, 9.17) is 5.73 Å². The maximum atomic E-state index is 12.0. The van der Waals surface area contributed by atoms with Gasteiger partial charge in [0.25, 0.3) is 5.91 Å². The quantitative estimate of drug-likeness (QED) is 0.338. The number of anilines is 1. The highest BCUT2D eigenvalue weighted by Gasteiger charge is 2.28. The Hall–Kier alpha value is -2.57. The lowest BCUT2D eigenvalue weighted by molar-refractivity contribution is -0.135. The van der Waals surface area contributed by atoms with E-state index < -0.39 is 17.7 Å². The molecule has 4 N–H and O–H groups in total. The molecule has 0 atom stereocenters. The molecule has 1 aliphatic heterocycles. The standard InChI is InChI=1S/C11H11N3O4/c12-7-3-1-2-6(10(7)17)11(18)14-4-8(15)13-9(16)5-14/h1-3,17H,4-5,12H2,(H,13,15,16). The number of piperazine rings is 1. The Morgan fingerprint density at radius 2 is 1.89 bits per heavy atom. The topological polar surface area (TPSA) is 113 Å². The number of nitrogens with zero attached hydrogens (tertiary/aromatic N) is 1. The van der Waals surface area contributed by atoms with Gasteiger partial charge in [0.05, 0.1) is 11.3 Å². The highest BCUT2D eigenvalue weighted by Crippen LogP contribution is 2.25. The van der Waals surface area contributed by atoms with E-state index in [0.29, 0.717) is 0 Å². The molecule has 0 aliphatic carbocycles. The van der Waals surface area contributed by atoms with Gasteiger partial charge in [-0.05, 0) is 12.1 Å². The molecule has 0 saturated carbocycles. The molecular weight excluding hydrogens is 238 g/mol. The first-order chi connectivity index (χ1) is 8.49. The zero-order valence-corrected chi connectivity index (χ0v) is 9.34. The minimum Gasteiger partial charge on any atom is -0.505 e. The van der Waals surface area contributed by atoms with E-state index in [1.165, 1.54) is 18.2 Å². The molecule has 7 heteroatoms. The average molecular weight is 249 g/mol. The predicted octanol–water partition coefficient (Wildman–Crippen LogP) is -0.927. The van der Waals surface area contributed by atoms with E-state index in [0.717, 1.165) is 4.90 Å². The molecule has 0 aromatic heterocycles. The molecule has 1 aromatic rings. The van der Waals surface area contributed by atoms with E-state index in [1.807, 2.05) is 0 Å². The van der Waals surface area contributed by atoms with Crippen molar-refractivity contribution in [3.05, 3.63) is 23.8 Å². The van der Waals surface area contributed by atoms with Crippen LogP contribution >= 0.6 is 0 Å². The molecule has 0 radical (unpaired) electrons. The number of imide groups is 1. The number of nitrogens with one attached hydrogen (secondary N) is 1. The number of carbonyl (C=O) groups excluding carboxylic acids is 3. The highest BCUT2D eigenvalue weighted by atomic mass is 16.3. The summed E-state index contributed by atoms with van der Waals surface area (Å²) >= 11 is 0. The second-order valence-corrected chi connectivity index (χ2v) is 3.88. The van der Waals surface area contributed by atoms with Crippen molar-refractivity contribution >= 4 is 23.4 Å². The first-order valence-corrected chi connectivity index (χ1v) is 5.18. The third kappa shape index (κ3) is 2.10. The molecule has 7 nitrogen and oxygen atoms in total. The fourth-order valence-electron chi connectivity index (χ4n) is 1.69. The number of hydrogen-bond donors (Lipinski definition) is 3. The fourth-order valence-corrected chi connectivity index (χ4v) is 1.69. The van der Waals surface area contributed by atoms with Gasteiger partial charge >= 0.3 is 0 Å². The summed E-state index contributed by atoms with van der Waals surface area (Å²) < 4.78 is 0. The smallest absolute Gasteiger partial charge is 0.258 e. The Morgan fingerprint density at radius 1 is 1.28 bits per heavy atom. The number of amides is 3. The maximum absolute atomic E-state index is 12.0. The van der Waals surface area contributed by atoms with E-state index in [2.05, 4.69) is 5.32 Å². The molecule has 2 rings (SSSR count). The zero-order chi connectivity index (χ0) is 13.3. The Morgan fingerprint density at radius 3 is 2.50 bits per heavy atom. The third-order valence-corrected chi connectivity index (χ3v) is 2.53. The van der Waals surface area contributed by atoms with Crippen LogP contribution in [-0.2, 0) is 9.59 Å². The lowest BCUT2D eigenvalue weighted by atomic mass is 10.1. The number of phenols is 1. The number of nitrogen functional groups attached to an aromatic ring is 1. The van der Waals surface area contributed by atoms with Crippen LogP contribution in [0.15, 0.2) is 18.2 Å². The van der Waals surface area contributed by atoms with Crippen molar-refractivity contribution in [2.45, 2.75) is 0 Å². The van der Waals surface area contributed by atoms with E-state index in [9.17, 15) is 19.5 Å². The largest absolute Gasteiger partial charge is 0.505 e. The van der Waals surface area contributed by atoms with Crippen molar-refractivity contribution in [3.63, 3.8) is 0 Å². The summed E-state index contributed by atoms with van der Waals surface area (Å²) in [6, 6.07) is 4.33. The van der Waals surface area contributed by atoms with Crippen LogP contribution in [0.25, 0.3) is 0 Å². The Kier molecular flexibility index (Phi) is 2.88. The van der Waals surface area contributed by atoms with Crippen LogP contribution in [0, 0.1) is 0 Å². The molecule has 0 unspecified atom stereocenters. The van der Waals surface area contributed by atoms with Gasteiger partial charge in [-0.15, -0.1) is 0 Å². The number of rotatable bonds is 1. The zero-order valence-electron chi connectivity index (χ0n) is 9.34. The van der Waals surface area contributed by atoms with E-state index >= 15 is 0 Å². The summed E-state index contributed by atoms with van der Waals surface area (Å²) in [6.07, 6.45) is 0. The molecule has 1 aliphatic rings. The highest BCUT2D eigenvalue weighted by molar-refractivity contribution is 6.07. The number of benzene rings is 1. The Labute approximate surface area is 102 Å². The summed E-state index contributed by atoms with van der Waals surface area (Å²) in [4.78, 5) is 35.4. The summed E-state index contributed by atoms with van der Waals surface area (Å²) in [5.41, 5.74) is 5.51. The normalized spacial score (nSPS) is 15.4. The van der Waals surface area contributed by atoms with Gasteiger partial charge in [-0.25, -0.2) is 0 Å². The molecule has 1 aromatic carbocycles. The van der Waals surface area contributed by atoms with Gasteiger partial charge in [-0.2, -0.15) is 0 Å². The van der Waals surface area contributed by atoms with E-state index in [-0.39, 0.29) is 30.1 Å². The number of nitrogens with two attached hydrogens (primary N) is 1. The van der Waals surface area contributed by atoms with Crippen LogP contribution in [0.2, 0.25) is 0 Å². The van der Waals surface area contributed by atoms with Crippen LogP contribution in [-0.4, -0.2) is 40.8 Å². The first-order valence-electron chi connectivity index (χ1n) is 5.18. The summed E-state index contributed by atoms with van der Waals surface area (Å²) in [7, 11) is 0. The van der Waals surface area contributed by atoms with Crippen molar-refractivity contribution < 1.29 is 19.5 Å². The molecule has 1 saturated heterocycles. The van der Waals surface area contributed by atoms with Gasteiger partial charge in [0.1, 0.15) is 13.1 Å². The number of carbonyl (C=O) groups is 3. The van der Waals surface area contributed by atoms with Gasteiger partial charge in [-0.1, -0.05) is 6.07 Å². The monoisotopic (exact) mass is 249 g/mol. The minimum absolute atomic E-state index is 0.0301. The molecule has 0 spiro atoms. The number of hydrogen-bond acceptors (Lipinski definition) is 5. The molecular formula is C11H11N3O4. The Bertz CT molecular complexity index is 525. The number of para-hydroxylation sites is 1. The molecule has 1 fully saturated rings. The third-order valence-electron chi connectivity index (χ3n) is 2.53. The molecule has 3 amide bonds. The van der Waals surface area contributed by atoms with Crippen LogP contribution in [0.5, 0.6) is 5.75 Å². The van der Waals surface area contributed by atoms with Crippen molar-refractivity contribution in [3.8, 4) is 5.75 Å². The maximum Gasteiger partial charge on any atom is 0.258 e. The second-order valence-electron chi connectivity index (χ2n) is 3.88. The van der Waals surface area contributed by atoms with Crippen LogP contribution in [0.4, 0.5) is 5.69 Å². The van der Waals surface area contributed by atoms with Gasteiger partial charge in [0.15, 0.2) is 5.75 Å². The minimum atomic E-state index is -0.608. The van der Waals surface area contributed by atoms with Crippen molar-refractivity contribution in [2.75, 3.05) is 18.8 Å². The van der Waals surface area contributed by atoms with Gasteiger partial charge in [-0.3, -0.25) is 19.7 Å². The average Bonchev–Trinajstić information content (AvgIpc) is 2.30. The SMILES string of the molecule is Nc1cccc(C(=O)N2CC(=O)NC(=O)C2)c1O.